The van der Waals surface area contributed by atoms with Gasteiger partial charge >= 0.3 is 11.8 Å². The van der Waals surface area contributed by atoms with Crippen LogP contribution in [0.3, 0.4) is 0 Å². The number of hydrogen-bond donors (Lipinski definition) is 3. The van der Waals surface area contributed by atoms with Crippen LogP contribution in [0.25, 0.3) is 0 Å². The van der Waals surface area contributed by atoms with Gasteiger partial charge in [0.1, 0.15) is 5.56 Å². The largest absolute Gasteiger partial charge is 0.494 e. The fourth-order valence-corrected chi connectivity index (χ4v) is 2.85. The molecule has 0 unspecified atom stereocenters. The molecule has 1 heterocycles. The zero-order valence-electron chi connectivity index (χ0n) is 15.7. The maximum absolute atomic E-state index is 12.4. The van der Waals surface area contributed by atoms with E-state index in [1.807, 2.05) is 12.3 Å². The molecule has 3 N–H and O–H groups in total. The van der Waals surface area contributed by atoms with Crippen LogP contribution in [-0.4, -0.2) is 32.3 Å². The Hall–Kier alpha value is -3.27. The van der Waals surface area contributed by atoms with Crippen molar-refractivity contribution in [1.29, 1.82) is 0 Å². The number of rotatable bonds is 5. The second-order valence-corrected chi connectivity index (χ2v) is 6.20. The number of nitrogens with zero attached hydrogens (tertiary/aromatic N) is 3. The number of aromatic hydroxyl groups is 1. The summed E-state index contributed by atoms with van der Waals surface area (Å²) in [5, 5.41) is 16.3. The molecule has 0 bridgehead atoms. The molecule has 1 aromatic heterocycles. The summed E-state index contributed by atoms with van der Waals surface area (Å²) in [6, 6.07) is 6.90. The summed E-state index contributed by atoms with van der Waals surface area (Å²) in [5.41, 5.74) is 2.82. The zero-order valence-corrected chi connectivity index (χ0v) is 16.5. The number of aromatic nitrogens is 2. The molecule has 0 fully saturated rings. The van der Waals surface area contributed by atoms with Crippen molar-refractivity contribution in [3.8, 4) is 5.88 Å². The van der Waals surface area contributed by atoms with Crippen molar-refractivity contribution in [1.82, 2.24) is 14.6 Å². The molecular formula is C18H21N5O4S. The van der Waals surface area contributed by atoms with E-state index in [2.05, 4.69) is 10.4 Å². The highest BCUT2D eigenvalue weighted by Gasteiger charge is 2.15. The van der Waals surface area contributed by atoms with Crippen molar-refractivity contribution >= 4 is 35.9 Å². The molecule has 0 aliphatic rings. The molecular weight excluding hydrogens is 382 g/mol. The van der Waals surface area contributed by atoms with E-state index in [0.717, 1.165) is 11.8 Å². The average Bonchev–Trinajstić information content (AvgIpc) is 2.66. The van der Waals surface area contributed by atoms with Crippen LogP contribution in [0.1, 0.15) is 25.0 Å². The Kier molecular flexibility index (Phi) is 6.83. The molecule has 0 saturated heterocycles. The van der Waals surface area contributed by atoms with Crippen LogP contribution in [0, 0.1) is 11.7 Å². The molecule has 0 aliphatic carbocycles. The number of carbonyl (C=O) groups is 2. The molecule has 28 heavy (non-hydrogen) atoms. The Morgan fingerprint density at radius 2 is 1.75 bits per heavy atom. The van der Waals surface area contributed by atoms with E-state index in [4.69, 9.17) is 12.2 Å². The minimum Gasteiger partial charge on any atom is -0.494 e. The second kappa shape index (κ2) is 9.09. The molecule has 10 heteroatoms. The number of benzene rings is 1. The number of hydrazone groups is 1. The Labute approximate surface area is 166 Å². The third-order valence-corrected chi connectivity index (χ3v) is 4.38. The molecule has 0 atom stereocenters. The number of hydrogen-bond acceptors (Lipinski definition) is 6. The third kappa shape index (κ3) is 4.52. The summed E-state index contributed by atoms with van der Waals surface area (Å²) in [6.45, 7) is 6.06. The van der Waals surface area contributed by atoms with E-state index in [1.165, 1.54) is 9.13 Å². The third-order valence-electron chi connectivity index (χ3n) is 3.94. The monoisotopic (exact) mass is 403 g/mol. The molecule has 0 aliphatic heterocycles. The predicted molar refractivity (Wildman–Crippen MR) is 108 cm³/mol. The van der Waals surface area contributed by atoms with Crippen LogP contribution in [-0.2, 0) is 22.7 Å². The standard InChI is InChI=1S/C18H21N5O4S/c1-4-22-16(26)13(17(27)23(5-2)18(22)28)10-19-21-15(25)14(24)20-12-8-6-11(3)7-9-12/h6-10,26H,4-5H2,1-3H3,(H,20,24)(H,21,25). The topological polar surface area (TPSA) is 118 Å². The van der Waals surface area contributed by atoms with Crippen LogP contribution in [0.2, 0.25) is 0 Å². The van der Waals surface area contributed by atoms with E-state index in [-0.39, 0.29) is 16.2 Å². The van der Waals surface area contributed by atoms with Gasteiger partial charge in [0.2, 0.25) is 5.88 Å². The van der Waals surface area contributed by atoms with Gasteiger partial charge in [-0.05, 0) is 45.1 Å². The quantitative estimate of drug-likeness (QED) is 0.303. The molecule has 0 saturated carbocycles. The lowest BCUT2D eigenvalue weighted by Gasteiger charge is -2.13. The number of carbonyl (C=O) groups excluding carboxylic acids is 2. The van der Waals surface area contributed by atoms with Crippen molar-refractivity contribution in [2.24, 2.45) is 5.10 Å². The first kappa shape index (κ1) is 21.0. The summed E-state index contributed by atoms with van der Waals surface area (Å²) in [6.07, 6.45) is 0.988. The number of anilines is 1. The van der Waals surface area contributed by atoms with Crippen molar-refractivity contribution in [2.75, 3.05) is 5.32 Å². The number of amides is 2. The zero-order chi connectivity index (χ0) is 20.8. The fourth-order valence-electron chi connectivity index (χ4n) is 2.42. The van der Waals surface area contributed by atoms with E-state index in [9.17, 15) is 19.5 Å². The van der Waals surface area contributed by atoms with E-state index < -0.39 is 17.4 Å². The maximum Gasteiger partial charge on any atom is 0.329 e. The highest BCUT2D eigenvalue weighted by Crippen LogP contribution is 2.12. The van der Waals surface area contributed by atoms with Gasteiger partial charge in [0.05, 0.1) is 6.21 Å². The molecule has 2 rings (SSSR count). The van der Waals surface area contributed by atoms with Crippen LogP contribution in [0.5, 0.6) is 5.88 Å². The van der Waals surface area contributed by atoms with E-state index in [1.54, 1.807) is 38.1 Å². The number of aryl methyl sites for hydroxylation is 1. The molecule has 9 nitrogen and oxygen atoms in total. The second-order valence-electron chi connectivity index (χ2n) is 5.83. The molecule has 0 radical (unpaired) electrons. The summed E-state index contributed by atoms with van der Waals surface area (Å²) in [4.78, 5) is 36.2. The van der Waals surface area contributed by atoms with Gasteiger partial charge in [0.25, 0.3) is 5.56 Å². The van der Waals surface area contributed by atoms with Crippen LogP contribution in [0.4, 0.5) is 5.69 Å². The van der Waals surface area contributed by atoms with Crippen molar-refractivity contribution in [3.05, 3.63) is 50.5 Å². The Bertz CT molecular complexity index is 1040. The van der Waals surface area contributed by atoms with Gasteiger partial charge in [0.15, 0.2) is 4.77 Å². The van der Waals surface area contributed by atoms with Crippen LogP contribution < -0.4 is 16.3 Å². The average molecular weight is 403 g/mol. The fraction of sp³-hybridized carbons (Fsp3) is 0.278. The van der Waals surface area contributed by atoms with Gasteiger partial charge in [0, 0.05) is 18.8 Å². The van der Waals surface area contributed by atoms with Gasteiger partial charge in [-0.15, -0.1) is 0 Å². The smallest absolute Gasteiger partial charge is 0.329 e. The van der Waals surface area contributed by atoms with Gasteiger partial charge < -0.3 is 10.4 Å². The summed E-state index contributed by atoms with van der Waals surface area (Å²) < 4.78 is 2.85. The Morgan fingerprint density at radius 3 is 2.32 bits per heavy atom. The molecule has 0 spiro atoms. The number of nitrogens with one attached hydrogen (secondary N) is 2. The normalized spacial score (nSPS) is 10.8. The SMILES string of the molecule is CCn1c(O)c(C=NNC(=O)C(=O)Nc2ccc(C)cc2)c(=O)n(CC)c1=S. The van der Waals surface area contributed by atoms with E-state index >= 15 is 0 Å². The lowest BCUT2D eigenvalue weighted by molar-refractivity contribution is -0.136. The highest BCUT2D eigenvalue weighted by atomic mass is 32.1. The van der Waals surface area contributed by atoms with Crippen LogP contribution in [0.15, 0.2) is 34.2 Å². The van der Waals surface area contributed by atoms with Gasteiger partial charge in [-0.25, -0.2) is 5.43 Å². The minimum absolute atomic E-state index is 0.142. The molecule has 1 aromatic carbocycles. The summed E-state index contributed by atoms with van der Waals surface area (Å²) >= 11 is 5.18. The van der Waals surface area contributed by atoms with Crippen LogP contribution >= 0.6 is 12.2 Å². The molecule has 2 amide bonds. The lowest BCUT2D eigenvalue weighted by Crippen LogP contribution is -2.33. The lowest BCUT2D eigenvalue weighted by atomic mass is 10.2. The van der Waals surface area contributed by atoms with Crippen molar-refractivity contribution in [3.63, 3.8) is 0 Å². The first-order valence-electron chi connectivity index (χ1n) is 8.57. The summed E-state index contributed by atoms with van der Waals surface area (Å²) in [5.74, 6) is -2.29. The molecule has 148 valence electrons. The predicted octanol–water partition coefficient (Wildman–Crippen LogP) is 1.52. The first-order chi connectivity index (χ1) is 13.3. The van der Waals surface area contributed by atoms with Crippen molar-refractivity contribution < 1.29 is 14.7 Å². The van der Waals surface area contributed by atoms with Gasteiger partial charge in [-0.2, -0.15) is 5.10 Å². The van der Waals surface area contributed by atoms with Gasteiger partial charge in [-0.1, -0.05) is 17.7 Å². The Balaban J connectivity index is 2.17. The maximum atomic E-state index is 12.4. The van der Waals surface area contributed by atoms with Gasteiger partial charge in [-0.3, -0.25) is 23.5 Å². The highest BCUT2D eigenvalue weighted by molar-refractivity contribution is 7.71. The first-order valence-corrected chi connectivity index (χ1v) is 8.98. The van der Waals surface area contributed by atoms with E-state index in [0.29, 0.717) is 18.8 Å². The van der Waals surface area contributed by atoms with Crippen molar-refractivity contribution in [2.45, 2.75) is 33.9 Å². The molecule has 2 aromatic rings. The minimum atomic E-state index is -1.02. The summed E-state index contributed by atoms with van der Waals surface area (Å²) in [7, 11) is 0. The Morgan fingerprint density at radius 1 is 1.14 bits per heavy atom.